The first-order chi connectivity index (χ1) is 12.5. The predicted molar refractivity (Wildman–Crippen MR) is 101 cm³/mol. The summed E-state index contributed by atoms with van der Waals surface area (Å²) >= 11 is 3.23. The van der Waals surface area contributed by atoms with Crippen molar-refractivity contribution in [1.82, 2.24) is 5.43 Å². The fourth-order valence-corrected chi connectivity index (χ4v) is 2.68. The molecular weight excluding hydrogens is 404 g/mol. The molecule has 0 spiro atoms. The van der Waals surface area contributed by atoms with Crippen LogP contribution in [0.15, 0.2) is 39.9 Å². The molecule has 2 aromatic carbocycles. The van der Waals surface area contributed by atoms with E-state index in [4.69, 9.17) is 14.2 Å². The molecule has 0 bridgehead atoms. The average molecular weight is 423 g/mol. The van der Waals surface area contributed by atoms with Gasteiger partial charge in [-0.3, -0.25) is 4.79 Å². The summed E-state index contributed by atoms with van der Waals surface area (Å²) in [6.07, 6.45) is 1.60. The molecule has 0 aliphatic heterocycles. The Kier molecular flexibility index (Phi) is 6.85. The van der Waals surface area contributed by atoms with Gasteiger partial charge in [-0.05, 0) is 51.3 Å². The molecule has 138 valence electrons. The van der Waals surface area contributed by atoms with Crippen LogP contribution in [0.2, 0.25) is 0 Å². The van der Waals surface area contributed by atoms with Crippen molar-refractivity contribution >= 4 is 28.1 Å². The highest BCUT2D eigenvalue weighted by Crippen LogP contribution is 2.34. The van der Waals surface area contributed by atoms with Crippen molar-refractivity contribution in [2.75, 3.05) is 21.3 Å². The number of amides is 1. The number of nitrogens with one attached hydrogen (secondary N) is 1. The largest absolute Gasteiger partial charge is 0.503 e. The highest BCUT2D eigenvalue weighted by atomic mass is 79.9. The van der Waals surface area contributed by atoms with Crippen LogP contribution < -0.4 is 19.6 Å². The maximum absolute atomic E-state index is 12.0. The molecular formula is C18H19BrN2O5. The van der Waals surface area contributed by atoms with Crippen LogP contribution >= 0.6 is 15.9 Å². The van der Waals surface area contributed by atoms with Crippen molar-refractivity contribution in [2.45, 2.75) is 6.42 Å². The number of aromatic hydroxyl groups is 1. The highest BCUT2D eigenvalue weighted by molar-refractivity contribution is 9.10. The number of nitrogens with zero attached hydrogens (tertiary/aromatic N) is 1. The summed E-state index contributed by atoms with van der Waals surface area (Å²) < 4.78 is 15.9. The third-order valence-corrected chi connectivity index (χ3v) is 4.09. The maximum atomic E-state index is 12.0. The maximum Gasteiger partial charge on any atom is 0.244 e. The van der Waals surface area contributed by atoms with Gasteiger partial charge in [0, 0.05) is 0 Å². The van der Waals surface area contributed by atoms with Crippen molar-refractivity contribution in [3.8, 4) is 23.0 Å². The minimum absolute atomic E-state index is 0.00198. The van der Waals surface area contributed by atoms with Crippen LogP contribution in [0, 0.1) is 0 Å². The zero-order chi connectivity index (χ0) is 19.1. The Morgan fingerprint density at radius 3 is 2.46 bits per heavy atom. The van der Waals surface area contributed by atoms with E-state index in [0.717, 1.165) is 5.56 Å². The van der Waals surface area contributed by atoms with Crippen molar-refractivity contribution < 1.29 is 24.1 Å². The second-order valence-corrected chi connectivity index (χ2v) is 6.07. The van der Waals surface area contributed by atoms with Gasteiger partial charge in [0.05, 0.1) is 38.4 Å². The van der Waals surface area contributed by atoms with E-state index in [0.29, 0.717) is 27.3 Å². The van der Waals surface area contributed by atoms with Crippen LogP contribution in [0.1, 0.15) is 11.1 Å². The lowest BCUT2D eigenvalue weighted by molar-refractivity contribution is -0.120. The third kappa shape index (κ3) is 4.89. The van der Waals surface area contributed by atoms with Gasteiger partial charge < -0.3 is 19.3 Å². The predicted octanol–water partition coefficient (Wildman–Crippen LogP) is 2.87. The number of phenols is 1. The molecule has 0 aliphatic carbocycles. The first-order valence-electron chi connectivity index (χ1n) is 7.57. The number of ether oxygens (including phenoxy) is 3. The molecule has 0 saturated carbocycles. The van der Waals surface area contributed by atoms with Crippen molar-refractivity contribution in [1.29, 1.82) is 0 Å². The molecule has 7 nitrogen and oxygen atoms in total. The first-order valence-corrected chi connectivity index (χ1v) is 8.37. The molecule has 0 radical (unpaired) electrons. The van der Waals surface area contributed by atoms with Gasteiger partial charge in [0.1, 0.15) is 0 Å². The summed E-state index contributed by atoms with van der Waals surface area (Å²) in [6, 6.07) is 8.52. The van der Waals surface area contributed by atoms with Crippen molar-refractivity contribution in [3.05, 3.63) is 45.9 Å². The van der Waals surface area contributed by atoms with E-state index in [1.54, 1.807) is 37.4 Å². The number of benzene rings is 2. The summed E-state index contributed by atoms with van der Waals surface area (Å²) in [5, 5.41) is 13.7. The van der Waals surface area contributed by atoms with Gasteiger partial charge in [-0.25, -0.2) is 5.43 Å². The molecule has 26 heavy (non-hydrogen) atoms. The standard InChI is InChI=1S/C18H19BrN2O5/c1-24-14-5-4-11(7-15(14)25-2)9-17(22)21-20-10-12-6-13(19)18(23)16(8-12)26-3/h4-8,10,23H,9H2,1-3H3,(H,21,22)/b20-10-. The number of rotatable bonds is 7. The molecule has 2 aromatic rings. The topological polar surface area (TPSA) is 89.4 Å². The van der Waals surface area contributed by atoms with Crippen molar-refractivity contribution in [3.63, 3.8) is 0 Å². The van der Waals surface area contributed by atoms with Crippen molar-refractivity contribution in [2.24, 2.45) is 5.10 Å². The van der Waals surface area contributed by atoms with Gasteiger partial charge in [0.25, 0.3) is 0 Å². The lowest BCUT2D eigenvalue weighted by Gasteiger charge is -2.09. The Morgan fingerprint density at radius 1 is 1.12 bits per heavy atom. The zero-order valence-electron chi connectivity index (χ0n) is 14.6. The van der Waals surface area contributed by atoms with E-state index in [9.17, 15) is 9.90 Å². The van der Waals surface area contributed by atoms with Crippen LogP contribution in [0.4, 0.5) is 0 Å². The van der Waals surface area contributed by atoms with E-state index in [1.807, 2.05) is 0 Å². The monoisotopic (exact) mass is 422 g/mol. The van der Waals surface area contributed by atoms with Crippen LogP contribution in [0.25, 0.3) is 0 Å². The summed E-state index contributed by atoms with van der Waals surface area (Å²) in [6.45, 7) is 0. The molecule has 2 N–H and O–H groups in total. The Hall–Kier alpha value is -2.74. The lowest BCUT2D eigenvalue weighted by atomic mass is 10.1. The summed E-state index contributed by atoms with van der Waals surface area (Å²) in [4.78, 5) is 12.0. The number of methoxy groups -OCH3 is 3. The van der Waals surface area contributed by atoms with E-state index in [1.165, 1.54) is 20.4 Å². The van der Waals surface area contributed by atoms with Gasteiger partial charge >= 0.3 is 0 Å². The van der Waals surface area contributed by atoms with E-state index < -0.39 is 0 Å². The summed E-state index contributed by atoms with van der Waals surface area (Å²) in [5.74, 6) is 1.18. The Morgan fingerprint density at radius 2 is 1.81 bits per heavy atom. The number of hydrogen-bond acceptors (Lipinski definition) is 6. The number of carbonyl (C=O) groups excluding carboxylic acids is 1. The fraction of sp³-hybridized carbons (Fsp3) is 0.222. The number of hydrogen-bond donors (Lipinski definition) is 2. The smallest absolute Gasteiger partial charge is 0.244 e. The van der Waals surface area contributed by atoms with E-state index in [2.05, 4.69) is 26.5 Å². The van der Waals surface area contributed by atoms with Crippen LogP contribution in [0.3, 0.4) is 0 Å². The molecule has 1 amide bonds. The molecule has 0 atom stereocenters. The number of carbonyl (C=O) groups is 1. The fourth-order valence-electron chi connectivity index (χ4n) is 2.22. The molecule has 0 aliphatic rings. The van der Waals surface area contributed by atoms with Gasteiger partial charge in [-0.15, -0.1) is 0 Å². The van der Waals surface area contributed by atoms with Gasteiger partial charge in [0.2, 0.25) is 5.91 Å². The Bertz CT molecular complexity index is 823. The average Bonchev–Trinajstić information content (AvgIpc) is 2.64. The third-order valence-electron chi connectivity index (χ3n) is 3.49. The van der Waals surface area contributed by atoms with E-state index >= 15 is 0 Å². The first kappa shape index (κ1) is 19.6. The van der Waals surface area contributed by atoms with Gasteiger partial charge in [-0.2, -0.15) is 5.10 Å². The molecule has 0 unspecified atom stereocenters. The molecule has 8 heteroatoms. The molecule has 2 rings (SSSR count). The highest BCUT2D eigenvalue weighted by Gasteiger charge is 2.09. The molecule has 0 fully saturated rings. The van der Waals surface area contributed by atoms with Crippen LogP contribution in [0.5, 0.6) is 23.0 Å². The number of phenolic OH excluding ortho intramolecular Hbond substituents is 1. The van der Waals surface area contributed by atoms with Crippen LogP contribution in [-0.4, -0.2) is 38.6 Å². The number of hydrazone groups is 1. The Balaban J connectivity index is 2.01. The van der Waals surface area contributed by atoms with Gasteiger partial charge in [0.15, 0.2) is 23.0 Å². The van der Waals surface area contributed by atoms with Gasteiger partial charge in [-0.1, -0.05) is 6.07 Å². The Labute approximate surface area is 159 Å². The van der Waals surface area contributed by atoms with Crippen LogP contribution in [-0.2, 0) is 11.2 Å². The molecule has 0 saturated heterocycles. The summed E-state index contributed by atoms with van der Waals surface area (Å²) in [5.41, 5.74) is 3.88. The molecule has 0 aromatic heterocycles. The van der Waals surface area contributed by atoms with E-state index in [-0.39, 0.29) is 18.1 Å². The SMILES string of the molecule is COc1ccc(CC(=O)N/N=C\c2cc(Br)c(O)c(OC)c2)cc1OC. The normalized spacial score (nSPS) is 10.6. The second-order valence-electron chi connectivity index (χ2n) is 5.21. The number of halogens is 1. The minimum atomic E-state index is -0.279. The quantitative estimate of drug-likeness (QED) is 0.528. The minimum Gasteiger partial charge on any atom is -0.503 e. The summed E-state index contributed by atoms with van der Waals surface area (Å²) in [7, 11) is 4.54. The molecule has 0 heterocycles. The second kappa shape index (κ2) is 9.10. The lowest BCUT2D eigenvalue weighted by Crippen LogP contribution is -2.19. The zero-order valence-corrected chi connectivity index (χ0v) is 16.2.